The normalized spacial score (nSPS) is 30.2. The largest absolute Gasteiger partial charge is 0.366 e. The Morgan fingerprint density at radius 1 is 1.27 bits per heavy atom. The summed E-state index contributed by atoms with van der Waals surface area (Å²) in [6.07, 6.45) is 3.65. The van der Waals surface area contributed by atoms with Crippen LogP contribution in [0.15, 0.2) is 24.3 Å². The molecule has 3 heterocycles. The Bertz CT molecular complexity index is 603. The molecule has 1 aromatic carbocycles. The maximum Gasteiger partial charge on any atom is 0.269 e. The molecule has 22 heavy (non-hydrogen) atoms. The topological polar surface area (TPSA) is 55.6 Å². The van der Waals surface area contributed by atoms with Crippen LogP contribution in [0.2, 0.25) is 0 Å². The fraction of sp³-hybridized carbons (Fsp3) is 0.529. The van der Waals surface area contributed by atoms with Crippen LogP contribution in [-0.2, 0) is 4.74 Å². The van der Waals surface area contributed by atoms with Crippen molar-refractivity contribution in [1.29, 1.82) is 0 Å². The summed E-state index contributed by atoms with van der Waals surface area (Å²) < 4.78 is 5.56. The third kappa shape index (κ3) is 3.13. The lowest BCUT2D eigenvalue weighted by atomic mass is 9.85. The van der Waals surface area contributed by atoms with Gasteiger partial charge in [-0.2, -0.15) is 0 Å². The van der Waals surface area contributed by atoms with E-state index in [9.17, 15) is 10.1 Å². The number of nitro benzene ring substituents is 1. The number of fused-ring (bicyclic) bond motifs is 4. The number of nitro groups is 1. The molecule has 0 aliphatic carbocycles. The number of nitrogens with zero attached hydrogens (tertiary/aromatic N) is 2. The van der Waals surface area contributed by atoms with Gasteiger partial charge in [-0.25, -0.2) is 0 Å². The first-order chi connectivity index (χ1) is 10.7. The van der Waals surface area contributed by atoms with Gasteiger partial charge in [-0.15, -0.1) is 0 Å². The third-order valence-corrected chi connectivity index (χ3v) is 4.73. The Morgan fingerprint density at radius 2 is 2.05 bits per heavy atom. The number of rotatable bonds is 2. The van der Waals surface area contributed by atoms with Gasteiger partial charge in [-0.1, -0.05) is 11.8 Å². The minimum atomic E-state index is -0.389. The summed E-state index contributed by atoms with van der Waals surface area (Å²) in [5.41, 5.74) is 0.942. The van der Waals surface area contributed by atoms with Crippen molar-refractivity contribution >= 4 is 5.69 Å². The Labute approximate surface area is 130 Å². The number of hydrogen-bond acceptors (Lipinski definition) is 4. The Balaban J connectivity index is 1.72. The third-order valence-electron chi connectivity index (χ3n) is 4.73. The lowest BCUT2D eigenvalue weighted by molar-refractivity contribution is -0.384. The highest BCUT2D eigenvalue weighted by Gasteiger charge is 2.35. The van der Waals surface area contributed by atoms with E-state index in [1.807, 2.05) is 0 Å². The van der Waals surface area contributed by atoms with Crippen molar-refractivity contribution < 1.29 is 9.66 Å². The van der Waals surface area contributed by atoms with Gasteiger partial charge in [0.05, 0.1) is 4.92 Å². The van der Waals surface area contributed by atoms with Crippen LogP contribution in [0.3, 0.4) is 0 Å². The van der Waals surface area contributed by atoms with Crippen molar-refractivity contribution in [2.75, 3.05) is 20.2 Å². The molecule has 3 saturated heterocycles. The van der Waals surface area contributed by atoms with Gasteiger partial charge in [0, 0.05) is 43.8 Å². The summed E-state index contributed by atoms with van der Waals surface area (Å²) in [5, 5.41) is 10.7. The molecule has 0 saturated carbocycles. The van der Waals surface area contributed by atoms with Crippen LogP contribution in [0.25, 0.3) is 0 Å². The number of hydrogen-bond donors (Lipinski definition) is 0. The van der Waals surface area contributed by atoms with Crippen LogP contribution in [0, 0.1) is 33.8 Å². The molecule has 5 nitrogen and oxygen atoms in total. The number of benzene rings is 1. The van der Waals surface area contributed by atoms with E-state index in [4.69, 9.17) is 4.74 Å². The van der Waals surface area contributed by atoms with Crippen LogP contribution < -0.4 is 0 Å². The maximum atomic E-state index is 10.7. The van der Waals surface area contributed by atoms with Crippen LogP contribution in [0.4, 0.5) is 5.69 Å². The molecular formula is C17H20N2O3. The maximum absolute atomic E-state index is 10.7. The number of piperidine rings is 1. The molecule has 4 atom stereocenters. The highest BCUT2D eigenvalue weighted by Crippen LogP contribution is 2.34. The molecule has 1 aromatic rings. The molecule has 0 amide bonds. The van der Waals surface area contributed by atoms with Crippen LogP contribution in [-0.4, -0.2) is 36.3 Å². The molecule has 3 fully saturated rings. The van der Waals surface area contributed by atoms with Crippen LogP contribution in [0.1, 0.15) is 24.8 Å². The van der Waals surface area contributed by atoms with Crippen molar-refractivity contribution in [3.05, 3.63) is 39.9 Å². The molecule has 116 valence electrons. The van der Waals surface area contributed by atoms with E-state index in [1.165, 1.54) is 18.6 Å². The van der Waals surface area contributed by atoms with Gasteiger partial charge in [-0.3, -0.25) is 15.0 Å². The second-order valence-corrected chi connectivity index (χ2v) is 5.99. The molecule has 0 aromatic heterocycles. The fourth-order valence-corrected chi connectivity index (χ4v) is 3.45. The summed E-state index contributed by atoms with van der Waals surface area (Å²) in [4.78, 5) is 12.7. The van der Waals surface area contributed by atoms with Crippen molar-refractivity contribution in [2.45, 2.75) is 25.5 Å². The lowest BCUT2D eigenvalue weighted by Gasteiger charge is -2.34. The average Bonchev–Trinajstić information content (AvgIpc) is 2.84. The van der Waals surface area contributed by atoms with Crippen LogP contribution >= 0.6 is 0 Å². The molecule has 4 rings (SSSR count). The summed E-state index contributed by atoms with van der Waals surface area (Å²) in [5.74, 6) is 7.58. The van der Waals surface area contributed by atoms with Crippen LogP contribution in [0.5, 0.6) is 0 Å². The van der Waals surface area contributed by atoms with Gasteiger partial charge < -0.3 is 4.74 Å². The van der Waals surface area contributed by atoms with E-state index in [1.54, 1.807) is 19.2 Å². The van der Waals surface area contributed by atoms with E-state index < -0.39 is 0 Å². The minimum absolute atomic E-state index is 0.105. The monoisotopic (exact) mass is 300 g/mol. The van der Waals surface area contributed by atoms with Gasteiger partial charge in [0.25, 0.3) is 5.69 Å². The first kappa shape index (κ1) is 15.0. The average molecular weight is 300 g/mol. The first-order valence-corrected chi connectivity index (χ1v) is 7.70. The highest BCUT2D eigenvalue weighted by molar-refractivity contribution is 5.41. The molecule has 0 spiro atoms. The highest BCUT2D eigenvalue weighted by atomic mass is 16.6. The molecule has 0 N–H and O–H groups in total. The van der Waals surface area contributed by atoms with E-state index in [0.717, 1.165) is 31.5 Å². The number of methoxy groups -OCH3 is 1. The molecular weight excluding hydrogens is 280 g/mol. The van der Waals surface area contributed by atoms with Gasteiger partial charge in [0.2, 0.25) is 0 Å². The molecule has 5 heteroatoms. The molecule has 3 aliphatic heterocycles. The predicted octanol–water partition coefficient (Wildman–Crippen LogP) is 2.65. The smallest absolute Gasteiger partial charge is 0.269 e. The summed E-state index contributed by atoms with van der Waals surface area (Å²) >= 11 is 0. The summed E-state index contributed by atoms with van der Waals surface area (Å²) in [6.45, 7) is 2.06. The van der Waals surface area contributed by atoms with Crippen molar-refractivity contribution in [3.63, 3.8) is 0 Å². The van der Waals surface area contributed by atoms with Gasteiger partial charge in [-0.05, 0) is 37.3 Å². The molecule has 0 radical (unpaired) electrons. The van der Waals surface area contributed by atoms with E-state index in [0.29, 0.717) is 11.8 Å². The standard InChI is InChI=1S/C17H20N2O3/c1-22-17-9-6-14-10-11-18(17)12-15(14)5-2-13-3-7-16(8-4-13)19(20)21/h3-4,7-8,14-15,17H,6,9-12H2,1H3/t14-,15+,17-/m1/s1. The fourth-order valence-electron chi connectivity index (χ4n) is 3.45. The van der Waals surface area contributed by atoms with Gasteiger partial charge in [0.15, 0.2) is 0 Å². The van der Waals surface area contributed by atoms with E-state index >= 15 is 0 Å². The zero-order valence-corrected chi connectivity index (χ0v) is 12.7. The molecule has 2 bridgehead atoms. The summed E-state index contributed by atoms with van der Waals surface area (Å²) in [7, 11) is 1.78. The Morgan fingerprint density at radius 3 is 2.73 bits per heavy atom. The predicted molar refractivity (Wildman–Crippen MR) is 83.2 cm³/mol. The van der Waals surface area contributed by atoms with Crippen molar-refractivity contribution in [2.24, 2.45) is 11.8 Å². The second kappa shape index (κ2) is 6.47. The number of non-ortho nitro benzene ring substituents is 1. The SMILES string of the molecule is CO[C@@H]1CC[C@@H]2CCN1C[C@@H]2C#Cc1ccc([N+](=O)[O-])cc1. The second-order valence-electron chi connectivity index (χ2n) is 5.99. The minimum Gasteiger partial charge on any atom is -0.366 e. The molecule has 3 aliphatic rings. The van der Waals surface area contributed by atoms with Gasteiger partial charge in [0.1, 0.15) is 6.23 Å². The Hall–Kier alpha value is -1.90. The van der Waals surface area contributed by atoms with E-state index in [-0.39, 0.29) is 16.8 Å². The Kier molecular flexibility index (Phi) is 4.41. The van der Waals surface area contributed by atoms with Gasteiger partial charge >= 0.3 is 0 Å². The lowest BCUT2D eigenvalue weighted by Crippen LogP contribution is -2.42. The zero-order valence-electron chi connectivity index (χ0n) is 12.7. The molecule has 1 unspecified atom stereocenters. The quantitative estimate of drug-likeness (QED) is 0.479. The summed E-state index contributed by atoms with van der Waals surface area (Å²) in [6, 6.07) is 6.46. The number of ether oxygens (including phenoxy) is 1. The van der Waals surface area contributed by atoms with Crippen molar-refractivity contribution in [3.8, 4) is 11.8 Å². The zero-order chi connectivity index (χ0) is 15.5. The van der Waals surface area contributed by atoms with Crippen molar-refractivity contribution in [1.82, 2.24) is 4.90 Å². The first-order valence-electron chi connectivity index (χ1n) is 7.70. The van der Waals surface area contributed by atoms with E-state index in [2.05, 4.69) is 16.7 Å².